The van der Waals surface area contributed by atoms with E-state index in [2.05, 4.69) is 0 Å². The van der Waals surface area contributed by atoms with Crippen molar-refractivity contribution < 1.29 is 14.3 Å². The van der Waals surface area contributed by atoms with E-state index in [9.17, 15) is 9.59 Å². The summed E-state index contributed by atoms with van der Waals surface area (Å²) >= 11 is 10.4. The molecule has 0 aromatic rings. The fourth-order valence-corrected chi connectivity index (χ4v) is 0.933. The van der Waals surface area contributed by atoms with Crippen LogP contribution < -0.4 is 0 Å². The number of ether oxygens (including phenoxy) is 1. The Morgan fingerprint density at radius 2 is 2.33 bits per heavy atom. The number of carbonyl (C=O) groups is 2. The van der Waals surface area contributed by atoms with Gasteiger partial charge in [-0.3, -0.25) is 4.79 Å². The summed E-state index contributed by atoms with van der Waals surface area (Å²) in [5, 5.41) is 0. The summed E-state index contributed by atoms with van der Waals surface area (Å²) in [7, 11) is 0. The van der Waals surface area contributed by atoms with Gasteiger partial charge in [-0.05, 0) is 12.2 Å². The standard InChI is InChI=1S/C7H6Cl2O3/c8-6(9)7(11)12-5-2-1-4(10)3-5/h1-2,5-6H,3H2/t5-/m0/s1. The summed E-state index contributed by atoms with van der Waals surface area (Å²) in [6.07, 6.45) is 2.57. The molecule has 1 aliphatic rings. The highest BCUT2D eigenvalue weighted by atomic mass is 35.5. The number of allylic oxidation sites excluding steroid dienone is 1. The molecule has 66 valence electrons. The van der Waals surface area contributed by atoms with E-state index in [-0.39, 0.29) is 12.2 Å². The van der Waals surface area contributed by atoms with Crippen LogP contribution in [0.2, 0.25) is 0 Å². The van der Waals surface area contributed by atoms with E-state index in [1.54, 1.807) is 0 Å². The molecule has 0 aromatic heterocycles. The van der Waals surface area contributed by atoms with Gasteiger partial charge in [-0.1, -0.05) is 23.2 Å². The molecule has 0 spiro atoms. The van der Waals surface area contributed by atoms with Crippen LogP contribution in [0.3, 0.4) is 0 Å². The molecule has 1 aliphatic carbocycles. The lowest BCUT2D eigenvalue weighted by atomic mass is 10.3. The fourth-order valence-electron chi connectivity index (χ4n) is 0.831. The third-order valence-corrected chi connectivity index (χ3v) is 1.70. The van der Waals surface area contributed by atoms with Crippen LogP contribution in [-0.4, -0.2) is 22.7 Å². The van der Waals surface area contributed by atoms with Gasteiger partial charge in [-0.25, -0.2) is 4.79 Å². The summed E-state index contributed by atoms with van der Waals surface area (Å²) in [5.74, 6) is -0.781. The average Bonchev–Trinajstić information content (AvgIpc) is 2.35. The number of rotatable bonds is 2. The summed E-state index contributed by atoms with van der Waals surface area (Å²) in [6.45, 7) is 0. The Labute approximate surface area is 79.3 Å². The van der Waals surface area contributed by atoms with E-state index in [1.807, 2.05) is 0 Å². The van der Waals surface area contributed by atoms with Crippen LogP contribution in [-0.2, 0) is 14.3 Å². The molecule has 0 N–H and O–H groups in total. The molecule has 0 amide bonds. The van der Waals surface area contributed by atoms with E-state index in [0.717, 1.165) is 0 Å². The summed E-state index contributed by atoms with van der Waals surface area (Å²) < 4.78 is 4.73. The Bertz CT molecular complexity index is 235. The summed E-state index contributed by atoms with van der Waals surface area (Å²) in [5.41, 5.74) is 0. The van der Waals surface area contributed by atoms with Crippen molar-refractivity contribution >= 4 is 35.0 Å². The lowest BCUT2D eigenvalue weighted by Crippen LogP contribution is -2.19. The highest BCUT2D eigenvalue weighted by Crippen LogP contribution is 2.13. The van der Waals surface area contributed by atoms with Crippen LogP contribution in [0, 0.1) is 0 Å². The van der Waals surface area contributed by atoms with Crippen molar-refractivity contribution in [3.8, 4) is 0 Å². The van der Waals surface area contributed by atoms with Crippen molar-refractivity contribution in [2.75, 3.05) is 0 Å². The normalized spacial score (nSPS) is 21.9. The molecule has 1 atom stereocenters. The zero-order chi connectivity index (χ0) is 9.14. The second-order valence-corrected chi connectivity index (χ2v) is 3.40. The van der Waals surface area contributed by atoms with Crippen LogP contribution >= 0.6 is 23.2 Å². The van der Waals surface area contributed by atoms with Crippen molar-refractivity contribution in [2.45, 2.75) is 17.4 Å². The predicted octanol–water partition coefficient (Wildman–Crippen LogP) is 1.23. The maximum absolute atomic E-state index is 10.8. The number of alkyl halides is 2. The first-order valence-electron chi connectivity index (χ1n) is 3.29. The van der Waals surface area contributed by atoms with Crippen LogP contribution in [0.15, 0.2) is 12.2 Å². The number of halogens is 2. The molecule has 0 bridgehead atoms. The van der Waals surface area contributed by atoms with E-state index in [0.29, 0.717) is 0 Å². The van der Waals surface area contributed by atoms with Gasteiger partial charge in [0, 0.05) is 0 Å². The second-order valence-electron chi connectivity index (χ2n) is 2.31. The third kappa shape index (κ3) is 2.50. The first-order chi connectivity index (χ1) is 5.59. The minimum absolute atomic E-state index is 0.0616. The highest BCUT2D eigenvalue weighted by Gasteiger charge is 2.22. The number of carbonyl (C=O) groups excluding carboxylic acids is 2. The lowest BCUT2D eigenvalue weighted by Gasteiger charge is -2.08. The van der Waals surface area contributed by atoms with Gasteiger partial charge < -0.3 is 4.74 Å². The van der Waals surface area contributed by atoms with E-state index < -0.39 is 16.9 Å². The van der Waals surface area contributed by atoms with Gasteiger partial charge in [-0.2, -0.15) is 0 Å². The average molecular weight is 209 g/mol. The molecule has 0 aliphatic heterocycles. The predicted molar refractivity (Wildman–Crippen MR) is 44.1 cm³/mol. The molecule has 0 radical (unpaired) electrons. The Morgan fingerprint density at radius 1 is 1.67 bits per heavy atom. The first-order valence-corrected chi connectivity index (χ1v) is 4.16. The smallest absolute Gasteiger partial charge is 0.340 e. The number of hydrogen-bond donors (Lipinski definition) is 0. The summed E-state index contributed by atoms with van der Waals surface area (Å²) in [6, 6.07) is 0. The van der Waals surface area contributed by atoms with Gasteiger partial charge in [0.25, 0.3) is 0 Å². The van der Waals surface area contributed by atoms with Gasteiger partial charge in [0.15, 0.2) is 5.78 Å². The number of hydrogen-bond acceptors (Lipinski definition) is 3. The molecule has 0 aromatic carbocycles. The number of esters is 1. The van der Waals surface area contributed by atoms with Crippen LogP contribution in [0.1, 0.15) is 6.42 Å². The molecule has 3 nitrogen and oxygen atoms in total. The molecule has 0 saturated heterocycles. The zero-order valence-corrected chi connectivity index (χ0v) is 7.51. The fraction of sp³-hybridized carbons (Fsp3) is 0.429. The Hall–Kier alpha value is -0.540. The molecule has 12 heavy (non-hydrogen) atoms. The van der Waals surface area contributed by atoms with Crippen LogP contribution in [0.4, 0.5) is 0 Å². The van der Waals surface area contributed by atoms with Gasteiger partial charge in [0.1, 0.15) is 6.10 Å². The largest absolute Gasteiger partial charge is 0.456 e. The molecule has 0 saturated carbocycles. The van der Waals surface area contributed by atoms with Gasteiger partial charge in [-0.15, -0.1) is 0 Å². The maximum atomic E-state index is 10.8. The molecule has 0 fully saturated rings. The highest BCUT2D eigenvalue weighted by molar-refractivity contribution is 6.52. The maximum Gasteiger partial charge on any atom is 0.340 e. The topological polar surface area (TPSA) is 43.4 Å². The zero-order valence-electron chi connectivity index (χ0n) is 6.00. The molecular formula is C7H6Cl2O3. The summed E-state index contributed by atoms with van der Waals surface area (Å²) in [4.78, 5) is 20.2. The third-order valence-electron chi connectivity index (χ3n) is 1.34. The molecule has 0 heterocycles. The Morgan fingerprint density at radius 3 is 2.75 bits per heavy atom. The van der Waals surface area contributed by atoms with E-state index >= 15 is 0 Å². The first kappa shape index (κ1) is 9.55. The van der Waals surface area contributed by atoms with Crippen LogP contribution in [0.5, 0.6) is 0 Å². The van der Waals surface area contributed by atoms with Gasteiger partial charge in [0.05, 0.1) is 6.42 Å². The van der Waals surface area contributed by atoms with Gasteiger partial charge in [0.2, 0.25) is 4.84 Å². The molecule has 1 rings (SSSR count). The van der Waals surface area contributed by atoms with E-state index in [1.165, 1.54) is 12.2 Å². The van der Waals surface area contributed by atoms with Gasteiger partial charge >= 0.3 is 5.97 Å². The van der Waals surface area contributed by atoms with E-state index in [4.69, 9.17) is 27.9 Å². The van der Waals surface area contributed by atoms with Crippen molar-refractivity contribution in [1.29, 1.82) is 0 Å². The molecular weight excluding hydrogens is 203 g/mol. The lowest BCUT2D eigenvalue weighted by molar-refractivity contribution is -0.145. The van der Waals surface area contributed by atoms with Crippen molar-refractivity contribution in [2.24, 2.45) is 0 Å². The second kappa shape index (κ2) is 3.92. The van der Waals surface area contributed by atoms with Crippen LogP contribution in [0.25, 0.3) is 0 Å². The monoisotopic (exact) mass is 208 g/mol. The number of ketones is 1. The van der Waals surface area contributed by atoms with Crippen molar-refractivity contribution in [1.82, 2.24) is 0 Å². The van der Waals surface area contributed by atoms with Crippen molar-refractivity contribution in [3.05, 3.63) is 12.2 Å². The Balaban J connectivity index is 2.38. The SMILES string of the molecule is O=C1C=C[C@H](OC(=O)C(Cl)Cl)C1. The van der Waals surface area contributed by atoms with Crippen molar-refractivity contribution in [3.63, 3.8) is 0 Å². The minimum atomic E-state index is -1.19. The molecule has 0 unspecified atom stereocenters. The Kier molecular flexibility index (Phi) is 3.12. The molecule has 5 heteroatoms. The minimum Gasteiger partial charge on any atom is -0.456 e. The quantitative estimate of drug-likeness (QED) is 0.507.